The third-order valence-electron chi connectivity index (χ3n) is 9.72. The van der Waals surface area contributed by atoms with Gasteiger partial charge in [0, 0.05) is 12.1 Å². The number of hydrogen-bond donors (Lipinski definition) is 0. The van der Waals surface area contributed by atoms with Crippen LogP contribution in [0.1, 0.15) is 19.2 Å². The lowest BCUT2D eigenvalue weighted by Gasteiger charge is -2.18. The zero-order chi connectivity index (χ0) is 32.0. The van der Waals surface area contributed by atoms with Crippen molar-refractivity contribution in [3.63, 3.8) is 0 Å². The van der Waals surface area contributed by atoms with Crippen LogP contribution in [0.4, 0.5) is 0 Å². The van der Waals surface area contributed by atoms with Crippen molar-refractivity contribution in [1.29, 1.82) is 0 Å². The van der Waals surface area contributed by atoms with E-state index >= 15 is 0 Å². The maximum atomic E-state index is 4.98. The van der Waals surface area contributed by atoms with Gasteiger partial charge in [0.05, 0.1) is 11.0 Å². The number of imidazole rings is 1. The van der Waals surface area contributed by atoms with Crippen LogP contribution < -0.4 is 0 Å². The average molecular weight is 615 g/mol. The Bertz CT molecular complexity index is 2540. The molecule has 0 bridgehead atoms. The molecule has 0 amide bonds. The number of hydrogen-bond acceptors (Lipinski definition) is 1. The van der Waals surface area contributed by atoms with Crippen LogP contribution in [0.3, 0.4) is 0 Å². The van der Waals surface area contributed by atoms with Crippen LogP contribution in [0, 0.1) is 0 Å². The van der Waals surface area contributed by atoms with Gasteiger partial charge in [-0.05, 0) is 96.4 Å². The van der Waals surface area contributed by atoms with E-state index < -0.39 is 0 Å². The lowest BCUT2D eigenvalue weighted by atomic mass is 9.85. The van der Waals surface area contributed by atoms with E-state index in [4.69, 9.17) is 4.98 Å². The Morgan fingerprint density at radius 2 is 0.958 bits per heavy atom. The summed E-state index contributed by atoms with van der Waals surface area (Å²) < 4.78 is 2.32. The number of para-hydroxylation sites is 2. The molecule has 0 unspecified atom stereocenters. The van der Waals surface area contributed by atoms with E-state index in [1.807, 2.05) is 0 Å². The monoisotopic (exact) mass is 614 g/mol. The van der Waals surface area contributed by atoms with Gasteiger partial charge in [0.25, 0.3) is 0 Å². The van der Waals surface area contributed by atoms with Crippen LogP contribution >= 0.6 is 0 Å². The molecule has 0 radical (unpaired) electrons. The number of aromatic nitrogens is 2. The normalized spacial score (nSPS) is 11.6. The van der Waals surface area contributed by atoms with Gasteiger partial charge < -0.3 is 0 Å². The van der Waals surface area contributed by atoms with Gasteiger partial charge in [-0.2, -0.15) is 0 Å². The molecule has 0 aliphatic heterocycles. The predicted octanol–water partition coefficient (Wildman–Crippen LogP) is 12.4. The van der Waals surface area contributed by atoms with Gasteiger partial charge in [0.2, 0.25) is 0 Å². The Kier molecular flexibility index (Phi) is 6.87. The summed E-state index contributed by atoms with van der Waals surface area (Å²) in [6.07, 6.45) is 1.99. The molecule has 2 heteroatoms. The fourth-order valence-electron chi connectivity index (χ4n) is 7.58. The topological polar surface area (TPSA) is 17.8 Å². The fourth-order valence-corrected chi connectivity index (χ4v) is 7.58. The minimum Gasteiger partial charge on any atom is -0.296 e. The van der Waals surface area contributed by atoms with Crippen molar-refractivity contribution in [2.24, 2.45) is 0 Å². The highest BCUT2D eigenvalue weighted by atomic mass is 15.1. The number of aryl methyl sites for hydroxylation is 1. The van der Waals surface area contributed by atoms with Gasteiger partial charge in [-0.25, -0.2) is 4.98 Å². The molecule has 1 heterocycles. The first-order chi connectivity index (χ1) is 23.8. The van der Waals surface area contributed by atoms with Crippen molar-refractivity contribution >= 4 is 43.4 Å². The molecule has 0 fully saturated rings. The Morgan fingerprint density at radius 1 is 0.458 bits per heavy atom. The highest BCUT2D eigenvalue weighted by molar-refractivity contribution is 6.21. The molecule has 2 nitrogen and oxygen atoms in total. The number of fused-ring (bicyclic) bond motifs is 4. The highest BCUT2D eigenvalue weighted by Crippen LogP contribution is 2.44. The van der Waals surface area contributed by atoms with Gasteiger partial charge in [-0.15, -0.1) is 0 Å². The molecule has 0 spiro atoms. The third-order valence-corrected chi connectivity index (χ3v) is 9.72. The summed E-state index contributed by atoms with van der Waals surface area (Å²) in [5.41, 5.74) is 10.8. The highest BCUT2D eigenvalue weighted by Gasteiger charge is 2.18. The lowest BCUT2D eigenvalue weighted by Crippen LogP contribution is -2.01. The number of benzene rings is 8. The molecule has 0 aliphatic carbocycles. The quantitative estimate of drug-likeness (QED) is 0.170. The number of rotatable bonds is 6. The average Bonchev–Trinajstić information content (AvgIpc) is 3.52. The third kappa shape index (κ3) is 4.60. The summed E-state index contributed by atoms with van der Waals surface area (Å²) in [6.45, 7) is 2.21. The van der Waals surface area contributed by atoms with Crippen LogP contribution in [-0.2, 0) is 6.42 Å². The van der Waals surface area contributed by atoms with Crippen molar-refractivity contribution in [1.82, 2.24) is 9.55 Å². The summed E-state index contributed by atoms with van der Waals surface area (Å²) >= 11 is 0. The summed E-state index contributed by atoms with van der Waals surface area (Å²) in [5, 5.41) is 7.59. The summed E-state index contributed by atoms with van der Waals surface area (Å²) in [6, 6.07) is 59.6. The van der Waals surface area contributed by atoms with E-state index in [1.54, 1.807) is 0 Å². The second-order valence-electron chi connectivity index (χ2n) is 12.6. The summed E-state index contributed by atoms with van der Waals surface area (Å²) in [4.78, 5) is 4.98. The second kappa shape index (κ2) is 11.7. The van der Waals surface area contributed by atoms with E-state index in [1.165, 1.54) is 65.7 Å². The van der Waals surface area contributed by atoms with E-state index in [0.717, 1.165) is 35.4 Å². The molecular formula is C46H34N2. The van der Waals surface area contributed by atoms with E-state index in [0.29, 0.717) is 0 Å². The molecular weight excluding hydrogens is 581 g/mol. The maximum Gasteiger partial charge on any atom is 0.114 e. The first-order valence-electron chi connectivity index (χ1n) is 16.9. The summed E-state index contributed by atoms with van der Waals surface area (Å²) in [5.74, 6) is 1.11. The van der Waals surface area contributed by atoms with Gasteiger partial charge in [-0.3, -0.25) is 4.57 Å². The molecule has 8 aromatic carbocycles. The van der Waals surface area contributed by atoms with Crippen LogP contribution in [0.5, 0.6) is 0 Å². The van der Waals surface area contributed by atoms with Crippen molar-refractivity contribution in [2.45, 2.75) is 19.8 Å². The molecule has 0 saturated carbocycles. The van der Waals surface area contributed by atoms with Gasteiger partial charge in [0.15, 0.2) is 0 Å². The molecule has 48 heavy (non-hydrogen) atoms. The Morgan fingerprint density at radius 3 is 1.58 bits per heavy atom. The molecule has 0 atom stereocenters. The Labute approximate surface area is 280 Å². The SMILES string of the molecule is CCCc1nc2ccccc2n1-c1ccc(-c2c3ccccc3c(-c3ccc(-c4cccc5ccccc45)cc3)c3ccccc23)cc1. The smallest absolute Gasteiger partial charge is 0.114 e. The van der Waals surface area contributed by atoms with Crippen molar-refractivity contribution in [3.05, 3.63) is 170 Å². The largest absolute Gasteiger partial charge is 0.296 e. The van der Waals surface area contributed by atoms with Crippen molar-refractivity contribution < 1.29 is 0 Å². The zero-order valence-electron chi connectivity index (χ0n) is 26.9. The Balaban J connectivity index is 1.19. The maximum absolute atomic E-state index is 4.98. The van der Waals surface area contributed by atoms with E-state index in [-0.39, 0.29) is 0 Å². The van der Waals surface area contributed by atoms with E-state index in [9.17, 15) is 0 Å². The van der Waals surface area contributed by atoms with E-state index in [2.05, 4.69) is 175 Å². The molecule has 9 aromatic rings. The van der Waals surface area contributed by atoms with Gasteiger partial charge in [-0.1, -0.05) is 146 Å². The van der Waals surface area contributed by atoms with Gasteiger partial charge >= 0.3 is 0 Å². The first-order valence-corrected chi connectivity index (χ1v) is 16.9. The molecule has 228 valence electrons. The van der Waals surface area contributed by atoms with Crippen molar-refractivity contribution in [3.8, 4) is 39.1 Å². The van der Waals surface area contributed by atoms with Crippen LogP contribution in [0.15, 0.2) is 164 Å². The van der Waals surface area contributed by atoms with Crippen LogP contribution in [-0.4, -0.2) is 9.55 Å². The standard InChI is InChI=1S/C46H34N2/c1-2-12-44-47-42-21-9-10-22-43(42)48(44)35-29-27-34(28-30-35)46-40-18-7-5-16-38(40)45(39-17-6-8-19-41(39)46)33-25-23-32(24-26-33)37-20-11-14-31-13-3-4-15-36(31)37/h3-11,13-30H,2,12H2,1H3. The molecule has 1 aromatic heterocycles. The summed E-state index contributed by atoms with van der Waals surface area (Å²) in [7, 11) is 0. The Hall–Kier alpha value is -5.99. The molecule has 9 rings (SSSR count). The fraction of sp³-hybridized carbons (Fsp3) is 0.0652. The minimum atomic E-state index is 0.941. The molecule has 0 saturated heterocycles. The zero-order valence-corrected chi connectivity index (χ0v) is 26.9. The van der Waals surface area contributed by atoms with Gasteiger partial charge in [0.1, 0.15) is 5.82 Å². The van der Waals surface area contributed by atoms with Crippen molar-refractivity contribution in [2.75, 3.05) is 0 Å². The number of nitrogens with zero attached hydrogens (tertiary/aromatic N) is 2. The first kappa shape index (κ1) is 28.3. The second-order valence-corrected chi connectivity index (χ2v) is 12.6. The molecule has 0 N–H and O–H groups in total. The molecule has 0 aliphatic rings. The predicted molar refractivity (Wildman–Crippen MR) is 204 cm³/mol. The van der Waals surface area contributed by atoms with Crippen LogP contribution in [0.25, 0.3) is 82.4 Å². The van der Waals surface area contributed by atoms with Crippen LogP contribution in [0.2, 0.25) is 0 Å². The lowest BCUT2D eigenvalue weighted by molar-refractivity contribution is 0.818. The minimum absolute atomic E-state index is 0.941.